The molecule has 4 heterocycles. The minimum atomic E-state index is -0.921. The number of nitrogens with zero attached hydrogens (tertiary/aromatic N) is 2. The van der Waals surface area contributed by atoms with Gasteiger partial charge < -0.3 is 5.11 Å². The fourth-order valence-electron chi connectivity index (χ4n) is 6.48. The molecule has 4 aliphatic heterocycles. The smallest absolute Gasteiger partial charge is 0.228 e. The summed E-state index contributed by atoms with van der Waals surface area (Å²) in [5.41, 5.74) is 0.451. The summed E-state index contributed by atoms with van der Waals surface area (Å²) in [5, 5.41) is 12.0. The molecule has 0 unspecified atom stereocenters. The SMILES string of the molecule is CC[C@@]12CCCN3CC[C@@]4(O)c5ccccc5N(C(=O)CC1)[C@]324. The van der Waals surface area contributed by atoms with Crippen LogP contribution < -0.4 is 4.90 Å². The van der Waals surface area contributed by atoms with Gasteiger partial charge in [0.25, 0.3) is 0 Å². The van der Waals surface area contributed by atoms with Crippen molar-refractivity contribution in [3.05, 3.63) is 29.8 Å². The standard InChI is InChI=1S/C19H24N2O2/c1-2-17-9-5-12-20-13-11-18(23)14-6-3-4-7-15(14)21(19(17,18)20)16(22)8-10-17/h3-4,6-7,23H,2,5,8-13H2,1H3/t17-,18-,19-/m1/s1. The van der Waals surface area contributed by atoms with E-state index in [1.807, 2.05) is 29.2 Å². The third kappa shape index (κ3) is 1.25. The Morgan fingerprint density at radius 1 is 1.17 bits per heavy atom. The molecule has 1 aromatic rings. The second kappa shape index (κ2) is 4.17. The molecule has 3 atom stereocenters. The van der Waals surface area contributed by atoms with Gasteiger partial charge in [-0.2, -0.15) is 0 Å². The van der Waals surface area contributed by atoms with E-state index in [9.17, 15) is 9.90 Å². The molecule has 0 aliphatic carbocycles. The quantitative estimate of drug-likeness (QED) is 0.867. The van der Waals surface area contributed by atoms with Crippen molar-refractivity contribution in [2.24, 2.45) is 5.41 Å². The van der Waals surface area contributed by atoms with Crippen molar-refractivity contribution in [2.45, 2.75) is 56.7 Å². The Kier molecular flexibility index (Phi) is 2.54. The molecule has 1 aromatic carbocycles. The molecular weight excluding hydrogens is 288 g/mol. The van der Waals surface area contributed by atoms with Crippen molar-refractivity contribution in [1.82, 2.24) is 4.90 Å². The first-order valence-corrected chi connectivity index (χ1v) is 9.01. The number of anilines is 1. The molecular formula is C19H24N2O2. The van der Waals surface area contributed by atoms with E-state index in [4.69, 9.17) is 0 Å². The van der Waals surface area contributed by atoms with E-state index in [1.165, 1.54) is 6.42 Å². The van der Waals surface area contributed by atoms with Crippen LogP contribution >= 0.6 is 0 Å². The van der Waals surface area contributed by atoms with E-state index in [-0.39, 0.29) is 11.3 Å². The minimum Gasteiger partial charge on any atom is -0.381 e. The lowest BCUT2D eigenvalue weighted by atomic mass is 9.57. The van der Waals surface area contributed by atoms with Crippen LogP contribution in [0.4, 0.5) is 5.69 Å². The van der Waals surface area contributed by atoms with Gasteiger partial charge >= 0.3 is 0 Å². The highest BCUT2D eigenvalue weighted by Crippen LogP contribution is 2.69. The van der Waals surface area contributed by atoms with E-state index in [0.29, 0.717) is 6.42 Å². The van der Waals surface area contributed by atoms with Crippen LogP contribution in [0.15, 0.2) is 24.3 Å². The number of para-hydroxylation sites is 1. The van der Waals surface area contributed by atoms with Gasteiger partial charge in [0.05, 0.1) is 5.69 Å². The van der Waals surface area contributed by atoms with Gasteiger partial charge in [-0.15, -0.1) is 0 Å². The topological polar surface area (TPSA) is 43.8 Å². The molecule has 4 heteroatoms. The summed E-state index contributed by atoms with van der Waals surface area (Å²) in [4.78, 5) is 17.5. The van der Waals surface area contributed by atoms with Gasteiger partial charge in [0.1, 0.15) is 11.3 Å². The van der Waals surface area contributed by atoms with Crippen LogP contribution in [0.2, 0.25) is 0 Å². The van der Waals surface area contributed by atoms with Gasteiger partial charge in [0.15, 0.2) is 0 Å². The number of aliphatic hydroxyl groups is 1. The molecule has 3 saturated heterocycles. The predicted octanol–water partition coefficient (Wildman–Crippen LogP) is 2.61. The lowest BCUT2D eigenvalue weighted by Crippen LogP contribution is -2.77. The Balaban J connectivity index is 1.87. The number of piperidine rings is 2. The average molecular weight is 312 g/mol. The maximum atomic E-state index is 13.0. The first-order valence-electron chi connectivity index (χ1n) is 9.01. The predicted molar refractivity (Wildman–Crippen MR) is 87.9 cm³/mol. The Morgan fingerprint density at radius 2 is 2.00 bits per heavy atom. The lowest BCUT2D eigenvalue weighted by Gasteiger charge is -2.64. The largest absolute Gasteiger partial charge is 0.381 e. The molecule has 0 saturated carbocycles. The molecule has 3 fully saturated rings. The van der Waals surface area contributed by atoms with E-state index in [2.05, 4.69) is 11.8 Å². The first kappa shape index (κ1) is 14.0. The maximum Gasteiger partial charge on any atom is 0.228 e. The van der Waals surface area contributed by atoms with Gasteiger partial charge in [0, 0.05) is 30.5 Å². The molecule has 0 bridgehead atoms. The van der Waals surface area contributed by atoms with E-state index >= 15 is 0 Å². The van der Waals surface area contributed by atoms with Gasteiger partial charge in [-0.3, -0.25) is 14.6 Å². The number of amides is 1. The van der Waals surface area contributed by atoms with Crippen molar-refractivity contribution < 1.29 is 9.90 Å². The van der Waals surface area contributed by atoms with E-state index in [1.54, 1.807) is 0 Å². The zero-order valence-corrected chi connectivity index (χ0v) is 13.7. The summed E-state index contributed by atoms with van der Waals surface area (Å²) in [6.45, 7) is 4.12. The molecule has 23 heavy (non-hydrogen) atoms. The van der Waals surface area contributed by atoms with Crippen LogP contribution in [0.1, 0.15) is 51.0 Å². The highest BCUT2D eigenvalue weighted by atomic mass is 16.3. The number of fused-ring (bicyclic) bond motifs is 3. The van der Waals surface area contributed by atoms with Crippen molar-refractivity contribution in [3.63, 3.8) is 0 Å². The number of rotatable bonds is 1. The average Bonchev–Trinajstić information content (AvgIpc) is 3.00. The van der Waals surface area contributed by atoms with Crippen LogP contribution in [-0.2, 0) is 10.4 Å². The Labute approximate surface area is 137 Å². The highest BCUT2D eigenvalue weighted by Gasteiger charge is 2.77. The fourth-order valence-corrected chi connectivity index (χ4v) is 6.48. The molecule has 1 N–H and O–H groups in total. The number of carbonyl (C=O) groups is 1. The number of carbonyl (C=O) groups excluding carboxylic acids is 1. The van der Waals surface area contributed by atoms with Crippen molar-refractivity contribution in [1.29, 1.82) is 0 Å². The fraction of sp³-hybridized carbons (Fsp3) is 0.632. The van der Waals surface area contributed by atoms with Crippen molar-refractivity contribution in [2.75, 3.05) is 18.0 Å². The van der Waals surface area contributed by atoms with Crippen LogP contribution in [-0.4, -0.2) is 34.7 Å². The Bertz CT molecular complexity index is 704. The van der Waals surface area contributed by atoms with Crippen molar-refractivity contribution >= 4 is 11.6 Å². The normalized spacial score (nSPS) is 41.7. The number of hydrogen-bond donors (Lipinski definition) is 1. The molecule has 4 nitrogen and oxygen atoms in total. The van der Waals surface area contributed by atoms with Gasteiger partial charge in [0.2, 0.25) is 5.91 Å². The molecule has 5 rings (SSSR count). The van der Waals surface area contributed by atoms with Gasteiger partial charge in [-0.1, -0.05) is 25.1 Å². The second-order valence-electron chi connectivity index (χ2n) is 7.75. The maximum absolute atomic E-state index is 13.0. The van der Waals surface area contributed by atoms with Crippen LogP contribution in [0.5, 0.6) is 0 Å². The molecule has 1 amide bonds. The first-order chi connectivity index (χ1) is 11.1. The van der Waals surface area contributed by atoms with Gasteiger partial charge in [-0.05, 0) is 38.2 Å². The van der Waals surface area contributed by atoms with Crippen LogP contribution in [0.3, 0.4) is 0 Å². The Morgan fingerprint density at radius 3 is 2.83 bits per heavy atom. The number of benzene rings is 1. The zero-order chi connectivity index (χ0) is 15.9. The highest BCUT2D eigenvalue weighted by molar-refractivity contribution is 5.99. The van der Waals surface area contributed by atoms with E-state index < -0.39 is 11.3 Å². The molecule has 0 aromatic heterocycles. The summed E-state index contributed by atoms with van der Waals surface area (Å²) in [6, 6.07) is 8.04. The summed E-state index contributed by atoms with van der Waals surface area (Å²) in [5.74, 6) is 0.186. The summed E-state index contributed by atoms with van der Waals surface area (Å²) in [7, 11) is 0. The Hall–Kier alpha value is -1.39. The number of hydrogen-bond acceptors (Lipinski definition) is 3. The molecule has 1 spiro atoms. The summed E-state index contributed by atoms with van der Waals surface area (Å²) >= 11 is 0. The van der Waals surface area contributed by atoms with Gasteiger partial charge in [-0.25, -0.2) is 0 Å². The van der Waals surface area contributed by atoms with Crippen molar-refractivity contribution in [3.8, 4) is 0 Å². The summed E-state index contributed by atoms with van der Waals surface area (Å²) < 4.78 is 0. The molecule has 122 valence electrons. The second-order valence-corrected chi connectivity index (χ2v) is 7.75. The molecule has 4 aliphatic rings. The lowest BCUT2D eigenvalue weighted by molar-refractivity contribution is -0.176. The minimum absolute atomic E-state index is 0.00340. The van der Waals surface area contributed by atoms with Crippen LogP contribution in [0.25, 0.3) is 0 Å². The van der Waals surface area contributed by atoms with Crippen LogP contribution in [0, 0.1) is 5.41 Å². The summed E-state index contributed by atoms with van der Waals surface area (Å²) in [6.07, 6.45) is 5.54. The third-order valence-electron chi connectivity index (χ3n) is 7.26. The zero-order valence-electron chi connectivity index (χ0n) is 13.7. The monoisotopic (exact) mass is 312 g/mol. The van der Waals surface area contributed by atoms with E-state index in [0.717, 1.165) is 50.0 Å². The molecule has 0 radical (unpaired) electrons. The third-order valence-corrected chi connectivity index (χ3v) is 7.26.